The van der Waals surface area contributed by atoms with E-state index in [4.69, 9.17) is 14.2 Å². The van der Waals surface area contributed by atoms with Crippen LogP contribution in [0.5, 0.6) is 17.2 Å². The molecule has 0 aliphatic carbocycles. The van der Waals surface area contributed by atoms with Crippen LogP contribution in [0.15, 0.2) is 41.6 Å². The molecular weight excluding hydrogens is 438 g/mol. The van der Waals surface area contributed by atoms with Crippen LogP contribution >= 0.6 is 23.1 Å². The Labute approximate surface area is 185 Å². The fraction of sp³-hybridized carbons (Fsp3) is 0.200. The van der Waals surface area contributed by atoms with E-state index in [0.717, 1.165) is 21.5 Å². The molecule has 31 heavy (non-hydrogen) atoms. The summed E-state index contributed by atoms with van der Waals surface area (Å²) in [5.74, 6) is 2.76. The molecule has 11 heteroatoms. The number of rotatable bonds is 6. The molecule has 0 saturated carbocycles. The van der Waals surface area contributed by atoms with Crippen LogP contribution in [0.1, 0.15) is 0 Å². The van der Waals surface area contributed by atoms with Crippen molar-refractivity contribution in [3.8, 4) is 28.6 Å². The molecule has 3 heterocycles. The highest BCUT2D eigenvalue weighted by atomic mass is 32.2. The highest BCUT2D eigenvalue weighted by molar-refractivity contribution is 7.99. The number of carbonyl (C=O) groups excluding carboxylic acids is 1. The van der Waals surface area contributed by atoms with E-state index in [1.54, 1.807) is 7.11 Å². The van der Waals surface area contributed by atoms with Crippen LogP contribution in [0, 0.1) is 0 Å². The van der Waals surface area contributed by atoms with Crippen molar-refractivity contribution in [2.75, 3.05) is 31.4 Å². The number of carbonyl (C=O) groups is 1. The largest absolute Gasteiger partial charge is 0.497 e. The Morgan fingerprint density at radius 1 is 1.19 bits per heavy atom. The molecule has 1 aliphatic heterocycles. The summed E-state index contributed by atoms with van der Waals surface area (Å²) >= 11 is 2.63. The van der Waals surface area contributed by atoms with Crippen LogP contribution in [0.4, 0.5) is 5.13 Å². The minimum atomic E-state index is -0.183. The summed E-state index contributed by atoms with van der Waals surface area (Å²) in [6.45, 7) is 1.05. The second-order valence-electron chi connectivity index (χ2n) is 6.51. The van der Waals surface area contributed by atoms with Gasteiger partial charge in [0.15, 0.2) is 22.5 Å². The van der Waals surface area contributed by atoms with Crippen LogP contribution in [-0.4, -0.2) is 52.1 Å². The minimum absolute atomic E-state index is 0.165. The monoisotopic (exact) mass is 455 g/mol. The summed E-state index contributed by atoms with van der Waals surface area (Å²) in [7, 11) is 1.62. The third-order valence-electron chi connectivity index (χ3n) is 4.46. The summed E-state index contributed by atoms with van der Waals surface area (Å²) in [5, 5.41) is 10.9. The molecule has 0 saturated heterocycles. The summed E-state index contributed by atoms with van der Waals surface area (Å²) in [6, 6.07) is 11.2. The summed E-state index contributed by atoms with van der Waals surface area (Å²) in [5.41, 5.74) is 1.64. The number of amides is 1. The van der Waals surface area contributed by atoms with Crippen LogP contribution in [-0.2, 0) is 4.79 Å². The second-order valence-corrected chi connectivity index (χ2v) is 8.49. The number of methoxy groups -OCH3 is 1. The number of H-pyrrole nitrogens is 1. The molecule has 2 aromatic carbocycles. The quantitative estimate of drug-likeness (QED) is 0.424. The summed E-state index contributed by atoms with van der Waals surface area (Å²) in [4.78, 5) is 21.3. The van der Waals surface area contributed by atoms with Gasteiger partial charge < -0.3 is 19.5 Å². The number of fused-ring (bicyclic) bond motifs is 2. The molecule has 0 radical (unpaired) electrons. The molecule has 4 aromatic rings. The number of nitrogens with zero attached hydrogens (tertiary/aromatic N) is 3. The average molecular weight is 456 g/mol. The zero-order chi connectivity index (χ0) is 21.2. The Bertz CT molecular complexity index is 1200. The molecule has 2 aromatic heterocycles. The zero-order valence-corrected chi connectivity index (χ0v) is 18.0. The maximum atomic E-state index is 12.4. The number of hydrogen-bond donors (Lipinski definition) is 2. The van der Waals surface area contributed by atoms with Crippen molar-refractivity contribution in [1.82, 2.24) is 20.2 Å². The van der Waals surface area contributed by atoms with Crippen molar-refractivity contribution in [2.24, 2.45) is 0 Å². The van der Waals surface area contributed by atoms with Crippen LogP contribution in [0.2, 0.25) is 0 Å². The van der Waals surface area contributed by atoms with Gasteiger partial charge in [-0.3, -0.25) is 9.89 Å². The molecule has 0 fully saturated rings. The Morgan fingerprint density at radius 3 is 2.74 bits per heavy atom. The lowest BCUT2D eigenvalue weighted by Crippen LogP contribution is -2.15. The predicted octanol–water partition coefficient (Wildman–Crippen LogP) is 3.59. The van der Waals surface area contributed by atoms with Gasteiger partial charge in [-0.2, -0.15) is 0 Å². The molecule has 2 N–H and O–H groups in total. The van der Waals surface area contributed by atoms with E-state index in [-0.39, 0.29) is 11.7 Å². The highest BCUT2D eigenvalue weighted by Gasteiger charge is 2.16. The van der Waals surface area contributed by atoms with Crippen LogP contribution in [0.3, 0.4) is 0 Å². The van der Waals surface area contributed by atoms with Gasteiger partial charge in [-0.05, 0) is 24.3 Å². The lowest BCUT2D eigenvalue weighted by molar-refractivity contribution is -0.113. The number of hydrogen-bond acceptors (Lipinski definition) is 9. The van der Waals surface area contributed by atoms with Gasteiger partial charge in [0.1, 0.15) is 19.0 Å². The normalized spacial score (nSPS) is 12.7. The van der Waals surface area contributed by atoms with Crippen molar-refractivity contribution in [3.05, 3.63) is 36.4 Å². The molecule has 0 atom stereocenters. The first-order valence-electron chi connectivity index (χ1n) is 9.37. The first-order chi connectivity index (χ1) is 15.2. The lowest BCUT2D eigenvalue weighted by Gasteiger charge is -2.17. The van der Waals surface area contributed by atoms with Crippen molar-refractivity contribution in [3.63, 3.8) is 0 Å². The summed E-state index contributed by atoms with van der Waals surface area (Å²) < 4.78 is 17.3. The van der Waals surface area contributed by atoms with E-state index in [0.29, 0.717) is 40.8 Å². The van der Waals surface area contributed by atoms with E-state index >= 15 is 0 Å². The molecule has 0 bridgehead atoms. The van der Waals surface area contributed by atoms with Gasteiger partial charge >= 0.3 is 0 Å². The van der Waals surface area contributed by atoms with E-state index < -0.39 is 0 Å². The van der Waals surface area contributed by atoms with E-state index in [9.17, 15) is 4.79 Å². The number of nitrogens with one attached hydrogen (secondary N) is 2. The van der Waals surface area contributed by atoms with Crippen LogP contribution in [0.25, 0.3) is 21.6 Å². The van der Waals surface area contributed by atoms with Gasteiger partial charge in [0.25, 0.3) is 0 Å². The number of ether oxygens (including phenoxy) is 3. The molecule has 158 valence electrons. The molecule has 5 rings (SSSR count). The second kappa shape index (κ2) is 8.44. The van der Waals surface area contributed by atoms with Gasteiger partial charge in [-0.1, -0.05) is 23.1 Å². The average Bonchev–Trinajstić information content (AvgIpc) is 3.42. The van der Waals surface area contributed by atoms with Crippen molar-refractivity contribution in [1.29, 1.82) is 0 Å². The zero-order valence-electron chi connectivity index (χ0n) is 16.4. The Morgan fingerprint density at radius 2 is 1.97 bits per heavy atom. The smallest absolute Gasteiger partial charge is 0.236 e. The lowest BCUT2D eigenvalue weighted by atomic mass is 10.2. The molecule has 1 aliphatic rings. The highest BCUT2D eigenvalue weighted by Crippen LogP contribution is 2.37. The standard InChI is InChI=1S/C20H17N5O4S2/c1-27-12-4-2-11(3-5-12)18-23-20(25-24-18)30-10-17(26)22-19-21-13-8-14-15(9-16(13)31-19)29-7-6-28-14/h2-5,8-9H,6-7,10H2,1H3,(H,21,22,26)(H,23,24,25). The van der Waals surface area contributed by atoms with Crippen molar-refractivity contribution >= 4 is 44.4 Å². The SMILES string of the molecule is COc1ccc(-c2nc(SCC(=O)Nc3nc4cc5c(cc4s3)OCCO5)n[nH]2)cc1. The van der Waals surface area contributed by atoms with Gasteiger partial charge in [0.05, 0.1) is 23.1 Å². The predicted molar refractivity (Wildman–Crippen MR) is 118 cm³/mol. The number of aromatic amines is 1. The number of anilines is 1. The Hall–Kier alpha value is -3.31. The number of benzene rings is 2. The van der Waals surface area contributed by atoms with Crippen molar-refractivity contribution < 1.29 is 19.0 Å². The molecular formula is C20H17N5O4S2. The van der Waals surface area contributed by atoms with Gasteiger partial charge in [0.2, 0.25) is 11.1 Å². The third-order valence-corrected chi connectivity index (χ3v) is 6.24. The number of thiazole rings is 1. The summed E-state index contributed by atoms with van der Waals surface area (Å²) in [6.07, 6.45) is 0. The van der Waals surface area contributed by atoms with Gasteiger partial charge in [-0.25, -0.2) is 9.97 Å². The molecule has 0 spiro atoms. The molecule has 0 unspecified atom stereocenters. The Balaban J connectivity index is 1.20. The minimum Gasteiger partial charge on any atom is -0.497 e. The van der Waals surface area contributed by atoms with Gasteiger partial charge in [0, 0.05) is 17.7 Å². The van der Waals surface area contributed by atoms with E-state index in [1.165, 1.54) is 23.1 Å². The van der Waals surface area contributed by atoms with Gasteiger partial charge in [-0.15, -0.1) is 5.10 Å². The molecule has 9 nitrogen and oxygen atoms in total. The fourth-order valence-corrected chi connectivity index (χ4v) is 4.48. The third kappa shape index (κ3) is 4.28. The van der Waals surface area contributed by atoms with E-state index in [1.807, 2.05) is 36.4 Å². The fourth-order valence-electron chi connectivity index (χ4n) is 2.99. The van der Waals surface area contributed by atoms with Crippen molar-refractivity contribution in [2.45, 2.75) is 5.16 Å². The topological polar surface area (TPSA) is 111 Å². The maximum absolute atomic E-state index is 12.4. The van der Waals surface area contributed by atoms with Crippen LogP contribution < -0.4 is 19.5 Å². The Kier molecular flexibility index (Phi) is 5.35. The maximum Gasteiger partial charge on any atom is 0.236 e. The number of thioether (sulfide) groups is 1. The first-order valence-corrected chi connectivity index (χ1v) is 11.2. The first kappa shape index (κ1) is 19.6. The number of aromatic nitrogens is 4. The van der Waals surface area contributed by atoms with E-state index in [2.05, 4.69) is 25.5 Å². The molecule has 1 amide bonds.